The molecule has 0 radical (unpaired) electrons. The normalized spacial score (nSPS) is 18.9. The maximum Gasteiger partial charge on any atom is 0.0647 e. The van der Waals surface area contributed by atoms with Crippen LogP contribution in [0.25, 0.3) is 0 Å². The van der Waals surface area contributed by atoms with Crippen LogP contribution in [0.1, 0.15) is 19.8 Å². The van der Waals surface area contributed by atoms with Crippen LogP contribution >= 0.6 is 0 Å². The second kappa shape index (κ2) is 2.83. The molecule has 1 rings (SSSR count). The van der Waals surface area contributed by atoms with Gasteiger partial charge < -0.3 is 5.11 Å². The molecule has 0 saturated heterocycles. The molecule has 0 aromatic heterocycles. The van der Waals surface area contributed by atoms with E-state index < -0.39 is 0 Å². The van der Waals surface area contributed by atoms with Gasteiger partial charge in [0.2, 0.25) is 0 Å². The molecule has 0 aromatic rings. The molecule has 0 bridgehead atoms. The van der Waals surface area contributed by atoms with E-state index in [-0.39, 0.29) is 6.61 Å². The first-order valence-electron chi connectivity index (χ1n) is 3.30. The van der Waals surface area contributed by atoms with E-state index in [0.29, 0.717) is 0 Å². The smallest absolute Gasteiger partial charge is 0.0647 e. The molecule has 0 aliphatic heterocycles. The lowest BCUT2D eigenvalue weighted by Gasteiger charge is -2.09. The van der Waals surface area contributed by atoms with Gasteiger partial charge in [0.05, 0.1) is 6.61 Å². The Hall–Kier alpha value is -0.560. The summed E-state index contributed by atoms with van der Waals surface area (Å²) in [6.45, 7) is 2.28. The number of rotatable bonds is 1. The van der Waals surface area contributed by atoms with Crippen molar-refractivity contribution in [1.82, 2.24) is 0 Å². The molecule has 1 aliphatic rings. The van der Waals surface area contributed by atoms with Crippen molar-refractivity contribution in [3.05, 3.63) is 23.3 Å². The summed E-state index contributed by atoms with van der Waals surface area (Å²) in [5.41, 5.74) is 2.43. The van der Waals surface area contributed by atoms with E-state index in [1.165, 1.54) is 11.1 Å². The summed E-state index contributed by atoms with van der Waals surface area (Å²) >= 11 is 0. The highest BCUT2D eigenvalue weighted by atomic mass is 16.3. The zero-order chi connectivity index (χ0) is 6.69. The van der Waals surface area contributed by atoms with Crippen LogP contribution in [-0.2, 0) is 0 Å². The van der Waals surface area contributed by atoms with Gasteiger partial charge in [-0.3, -0.25) is 0 Å². The Kier molecular flexibility index (Phi) is 2.06. The van der Waals surface area contributed by atoms with Crippen molar-refractivity contribution in [2.75, 3.05) is 6.61 Å². The number of aliphatic hydroxyl groups excluding tert-OH is 1. The zero-order valence-corrected chi connectivity index (χ0v) is 5.72. The van der Waals surface area contributed by atoms with E-state index >= 15 is 0 Å². The van der Waals surface area contributed by atoms with E-state index in [4.69, 9.17) is 5.11 Å². The summed E-state index contributed by atoms with van der Waals surface area (Å²) in [5, 5.41) is 8.77. The summed E-state index contributed by atoms with van der Waals surface area (Å²) in [6.07, 6.45) is 6.36. The fourth-order valence-corrected chi connectivity index (χ4v) is 1.04. The highest BCUT2D eigenvalue weighted by Crippen LogP contribution is 2.16. The first-order chi connectivity index (χ1) is 4.34. The van der Waals surface area contributed by atoms with Crippen molar-refractivity contribution in [2.24, 2.45) is 0 Å². The summed E-state index contributed by atoms with van der Waals surface area (Å²) in [6, 6.07) is 0. The number of hydrogen-bond donors (Lipinski definition) is 1. The van der Waals surface area contributed by atoms with Gasteiger partial charge in [-0.25, -0.2) is 0 Å². The zero-order valence-electron chi connectivity index (χ0n) is 5.72. The molecule has 0 atom stereocenters. The lowest BCUT2D eigenvalue weighted by molar-refractivity contribution is 0.325. The largest absolute Gasteiger partial charge is 0.392 e. The molecular formula is C8H12O. The molecule has 0 fully saturated rings. The predicted molar refractivity (Wildman–Crippen MR) is 38.2 cm³/mol. The standard InChI is InChI=1S/C8H12O/c1-7-4-2-3-5-8(7)6-9/h2,4,9H,3,5-6H2,1H3. The van der Waals surface area contributed by atoms with Gasteiger partial charge in [-0.05, 0) is 30.9 Å². The molecule has 50 valence electrons. The molecule has 1 nitrogen and oxygen atoms in total. The quantitative estimate of drug-likeness (QED) is 0.563. The van der Waals surface area contributed by atoms with E-state index in [9.17, 15) is 0 Å². The Morgan fingerprint density at radius 1 is 1.67 bits per heavy atom. The first kappa shape index (κ1) is 6.56. The fourth-order valence-electron chi connectivity index (χ4n) is 1.04. The van der Waals surface area contributed by atoms with E-state index in [0.717, 1.165) is 12.8 Å². The SMILES string of the molecule is CC1=C(CO)CCC=C1. The maximum absolute atomic E-state index is 8.77. The van der Waals surface area contributed by atoms with Crippen molar-refractivity contribution in [2.45, 2.75) is 19.8 Å². The molecule has 9 heavy (non-hydrogen) atoms. The van der Waals surface area contributed by atoms with E-state index in [1.807, 2.05) is 6.92 Å². The van der Waals surface area contributed by atoms with Gasteiger partial charge in [-0.1, -0.05) is 12.2 Å². The lowest BCUT2D eigenvalue weighted by Crippen LogP contribution is -1.96. The summed E-state index contributed by atoms with van der Waals surface area (Å²) in [4.78, 5) is 0. The van der Waals surface area contributed by atoms with Crippen LogP contribution in [0.3, 0.4) is 0 Å². The third-order valence-electron chi connectivity index (χ3n) is 1.73. The second-order valence-corrected chi connectivity index (χ2v) is 2.39. The highest BCUT2D eigenvalue weighted by Gasteiger charge is 2.01. The molecule has 0 spiro atoms. The van der Waals surface area contributed by atoms with Gasteiger partial charge in [0.25, 0.3) is 0 Å². The Labute approximate surface area is 55.7 Å². The third-order valence-corrected chi connectivity index (χ3v) is 1.73. The summed E-state index contributed by atoms with van der Waals surface area (Å²) in [5.74, 6) is 0. The van der Waals surface area contributed by atoms with Gasteiger partial charge in [0, 0.05) is 0 Å². The minimum absolute atomic E-state index is 0.232. The minimum atomic E-state index is 0.232. The van der Waals surface area contributed by atoms with Crippen LogP contribution in [0.15, 0.2) is 23.3 Å². The Morgan fingerprint density at radius 2 is 2.44 bits per heavy atom. The Bertz CT molecular complexity index is 154. The summed E-state index contributed by atoms with van der Waals surface area (Å²) in [7, 11) is 0. The minimum Gasteiger partial charge on any atom is -0.392 e. The lowest BCUT2D eigenvalue weighted by atomic mass is 10.00. The van der Waals surface area contributed by atoms with Gasteiger partial charge in [-0.15, -0.1) is 0 Å². The van der Waals surface area contributed by atoms with Gasteiger partial charge >= 0.3 is 0 Å². The van der Waals surface area contributed by atoms with E-state index in [1.54, 1.807) is 0 Å². The van der Waals surface area contributed by atoms with Crippen LogP contribution in [0, 0.1) is 0 Å². The topological polar surface area (TPSA) is 20.2 Å². The molecule has 0 aromatic carbocycles. The molecule has 0 saturated carbocycles. The van der Waals surface area contributed by atoms with E-state index in [2.05, 4.69) is 12.2 Å². The van der Waals surface area contributed by atoms with Crippen molar-refractivity contribution in [3.63, 3.8) is 0 Å². The predicted octanol–water partition coefficient (Wildman–Crippen LogP) is 1.65. The molecule has 1 heteroatoms. The molecule has 1 aliphatic carbocycles. The number of hydrogen-bond acceptors (Lipinski definition) is 1. The van der Waals surface area contributed by atoms with Crippen molar-refractivity contribution in [1.29, 1.82) is 0 Å². The van der Waals surface area contributed by atoms with Crippen LogP contribution in [-0.4, -0.2) is 11.7 Å². The highest BCUT2D eigenvalue weighted by molar-refractivity contribution is 5.27. The monoisotopic (exact) mass is 124 g/mol. The average Bonchev–Trinajstić information content (AvgIpc) is 1.89. The fraction of sp³-hybridized carbons (Fsp3) is 0.500. The van der Waals surface area contributed by atoms with Gasteiger partial charge in [-0.2, -0.15) is 0 Å². The van der Waals surface area contributed by atoms with Crippen LogP contribution in [0.5, 0.6) is 0 Å². The van der Waals surface area contributed by atoms with Crippen molar-refractivity contribution < 1.29 is 5.11 Å². The van der Waals surface area contributed by atoms with Crippen LogP contribution in [0.4, 0.5) is 0 Å². The molecule has 0 amide bonds. The van der Waals surface area contributed by atoms with Crippen molar-refractivity contribution >= 4 is 0 Å². The van der Waals surface area contributed by atoms with Crippen molar-refractivity contribution in [3.8, 4) is 0 Å². The molecule has 1 N–H and O–H groups in total. The molecular weight excluding hydrogens is 112 g/mol. The van der Waals surface area contributed by atoms with Gasteiger partial charge in [0.1, 0.15) is 0 Å². The number of aliphatic hydroxyl groups is 1. The third kappa shape index (κ3) is 1.42. The maximum atomic E-state index is 8.77. The Balaban J connectivity index is 2.72. The molecule has 0 heterocycles. The Morgan fingerprint density at radius 3 is 2.89 bits per heavy atom. The van der Waals surface area contributed by atoms with Crippen LogP contribution in [0.2, 0.25) is 0 Å². The number of allylic oxidation sites excluding steroid dienone is 3. The second-order valence-electron chi connectivity index (χ2n) is 2.39. The molecule has 0 unspecified atom stereocenters. The first-order valence-corrected chi connectivity index (χ1v) is 3.30. The van der Waals surface area contributed by atoms with Crippen LogP contribution < -0.4 is 0 Å². The summed E-state index contributed by atoms with van der Waals surface area (Å²) < 4.78 is 0. The van der Waals surface area contributed by atoms with Gasteiger partial charge in [0.15, 0.2) is 0 Å². The average molecular weight is 124 g/mol.